The van der Waals surface area contributed by atoms with Gasteiger partial charge in [0.05, 0.1) is 6.10 Å². The molecule has 10 heteroatoms. The maximum atomic E-state index is 12.1. The van der Waals surface area contributed by atoms with Crippen molar-refractivity contribution in [3.8, 4) is 0 Å². The number of hydrogen-bond donors (Lipinski definition) is 1. The SMILES string of the molecule is O=C(O)N1CCCC(OS(=O)(=O)C(F)(F)F)CC1. The van der Waals surface area contributed by atoms with Gasteiger partial charge in [-0.1, -0.05) is 0 Å². The predicted octanol–water partition coefficient (Wildman–Crippen LogP) is 1.39. The largest absolute Gasteiger partial charge is 0.523 e. The first kappa shape index (κ1) is 15.0. The van der Waals surface area contributed by atoms with E-state index in [0.29, 0.717) is 0 Å². The van der Waals surface area contributed by atoms with Crippen LogP contribution < -0.4 is 0 Å². The number of halogens is 3. The Kier molecular flexibility index (Phi) is 4.43. The van der Waals surface area contributed by atoms with Crippen LogP contribution in [0.5, 0.6) is 0 Å². The van der Waals surface area contributed by atoms with Gasteiger partial charge in [0, 0.05) is 13.1 Å². The summed E-state index contributed by atoms with van der Waals surface area (Å²) >= 11 is 0. The fourth-order valence-electron chi connectivity index (χ4n) is 1.59. The molecule has 18 heavy (non-hydrogen) atoms. The average Bonchev–Trinajstić information content (AvgIpc) is 2.40. The van der Waals surface area contributed by atoms with Gasteiger partial charge in [0.2, 0.25) is 0 Å². The molecule has 0 radical (unpaired) electrons. The van der Waals surface area contributed by atoms with Crippen molar-refractivity contribution >= 4 is 16.2 Å². The first-order valence-corrected chi connectivity index (χ1v) is 6.52. The number of alkyl halides is 3. The van der Waals surface area contributed by atoms with E-state index < -0.39 is 27.8 Å². The third-order valence-corrected chi connectivity index (χ3v) is 3.58. The Morgan fingerprint density at radius 2 is 1.89 bits per heavy atom. The molecule has 1 rings (SSSR count). The summed E-state index contributed by atoms with van der Waals surface area (Å²) in [6.07, 6.45) is -2.08. The molecule has 0 bridgehead atoms. The van der Waals surface area contributed by atoms with Crippen molar-refractivity contribution in [1.82, 2.24) is 4.90 Å². The van der Waals surface area contributed by atoms with E-state index in [-0.39, 0.29) is 32.4 Å². The molecule has 1 saturated heterocycles. The maximum Gasteiger partial charge on any atom is 0.523 e. The van der Waals surface area contributed by atoms with Gasteiger partial charge in [0.15, 0.2) is 0 Å². The number of carboxylic acid groups (broad SMARTS) is 1. The summed E-state index contributed by atoms with van der Waals surface area (Å²) in [6, 6.07) is 0. The minimum absolute atomic E-state index is 0.0482. The van der Waals surface area contributed by atoms with E-state index in [0.717, 1.165) is 4.90 Å². The highest BCUT2D eigenvalue weighted by molar-refractivity contribution is 7.87. The number of rotatable bonds is 2. The first-order valence-electron chi connectivity index (χ1n) is 5.11. The molecule has 0 saturated carbocycles. The lowest BCUT2D eigenvalue weighted by molar-refractivity contribution is -0.0577. The van der Waals surface area contributed by atoms with E-state index in [1.165, 1.54) is 0 Å². The number of likely N-dealkylation sites (tertiary alicyclic amines) is 1. The number of hydrogen-bond acceptors (Lipinski definition) is 4. The Balaban J connectivity index is 2.63. The molecule has 1 amide bonds. The molecule has 0 aromatic rings. The van der Waals surface area contributed by atoms with Crippen LogP contribution in [0.3, 0.4) is 0 Å². The lowest BCUT2D eigenvalue weighted by Gasteiger charge is -2.17. The van der Waals surface area contributed by atoms with Crippen molar-refractivity contribution in [1.29, 1.82) is 0 Å². The van der Waals surface area contributed by atoms with Crippen LogP contribution in [0.15, 0.2) is 0 Å². The molecule has 1 aliphatic heterocycles. The van der Waals surface area contributed by atoms with Crippen molar-refractivity contribution in [2.75, 3.05) is 13.1 Å². The highest BCUT2D eigenvalue weighted by Gasteiger charge is 2.48. The third kappa shape index (κ3) is 3.73. The lowest BCUT2D eigenvalue weighted by atomic mass is 10.2. The van der Waals surface area contributed by atoms with Gasteiger partial charge in [-0.2, -0.15) is 21.6 Å². The molecule has 106 valence electrons. The number of amides is 1. The molecule has 1 heterocycles. The van der Waals surface area contributed by atoms with E-state index >= 15 is 0 Å². The van der Waals surface area contributed by atoms with Crippen molar-refractivity contribution < 1.29 is 35.7 Å². The Bertz CT molecular complexity index is 407. The van der Waals surface area contributed by atoms with Crippen LogP contribution in [0.1, 0.15) is 19.3 Å². The van der Waals surface area contributed by atoms with Crippen LogP contribution in [0.4, 0.5) is 18.0 Å². The summed E-state index contributed by atoms with van der Waals surface area (Å²) in [6.45, 7) is 0.106. The van der Waals surface area contributed by atoms with Gasteiger partial charge < -0.3 is 10.0 Å². The van der Waals surface area contributed by atoms with Crippen LogP contribution in [0.25, 0.3) is 0 Å². The Morgan fingerprint density at radius 3 is 2.39 bits per heavy atom. The predicted molar refractivity (Wildman–Crippen MR) is 53.3 cm³/mol. The van der Waals surface area contributed by atoms with Crippen LogP contribution in [-0.2, 0) is 14.3 Å². The molecule has 1 fully saturated rings. The minimum atomic E-state index is -5.62. The zero-order valence-electron chi connectivity index (χ0n) is 9.18. The summed E-state index contributed by atoms with van der Waals surface area (Å²) < 4.78 is 61.9. The Morgan fingerprint density at radius 1 is 1.28 bits per heavy atom. The second-order valence-electron chi connectivity index (χ2n) is 3.82. The van der Waals surface area contributed by atoms with Crippen molar-refractivity contribution in [3.63, 3.8) is 0 Å². The molecule has 1 unspecified atom stereocenters. The highest BCUT2D eigenvalue weighted by Crippen LogP contribution is 2.28. The highest BCUT2D eigenvalue weighted by atomic mass is 32.2. The van der Waals surface area contributed by atoms with Gasteiger partial charge in [-0.25, -0.2) is 4.79 Å². The molecular weight excluding hydrogens is 279 g/mol. The van der Waals surface area contributed by atoms with Gasteiger partial charge in [0.1, 0.15) is 0 Å². The smallest absolute Gasteiger partial charge is 0.465 e. The number of carbonyl (C=O) groups is 1. The second kappa shape index (κ2) is 5.31. The van der Waals surface area contributed by atoms with Crippen LogP contribution in [0.2, 0.25) is 0 Å². The zero-order chi connectivity index (χ0) is 14.0. The summed E-state index contributed by atoms with van der Waals surface area (Å²) in [5, 5.41) is 8.70. The third-order valence-electron chi connectivity index (χ3n) is 2.49. The van der Waals surface area contributed by atoms with E-state index in [2.05, 4.69) is 4.18 Å². The minimum Gasteiger partial charge on any atom is -0.465 e. The molecular formula is C8H12F3NO5S. The summed E-state index contributed by atoms with van der Waals surface area (Å²) in [7, 11) is -5.62. The zero-order valence-corrected chi connectivity index (χ0v) is 10.00. The van der Waals surface area contributed by atoms with E-state index in [4.69, 9.17) is 5.11 Å². The average molecular weight is 291 g/mol. The van der Waals surface area contributed by atoms with Crippen molar-refractivity contribution in [3.05, 3.63) is 0 Å². The normalized spacial score (nSPS) is 22.6. The summed E-state index contributed by atoms with van der Waals surface area (Å²) in [4.78, 5) is 11.7. The van der Waals surface area contributed by atoms with E-state index in [1.807, 2.05) is 0 Å². The molecule has 0 aromatic heterocycles. The monoisotopic (exact) mass is 291 g/mol. The van der Waals surface area contributed by atoms with Crippen LogP contribution >= 0.6 is 0 Å². The van der Waals surface area contributed by atoms with Gasteiger partial charge in [0.25, 0.3) is 0 Å². The van der Waals surface area contributed by atoms with Crippen LogP contribution in [-0.4, -0.2) is 49.2 Å². The van der Waals surface area contributed by atoms with Crippen LogP contribution in [0, 0.1) is 0 Å². The molecule has 1 N–H and O–H groups in total. The summed E-state index contributed by atoms with van der Waals surface area (Å²) in [5.41, 5.74) is -5.45. The fourth-order valence-corrected chi connectivity index (χ4v) is 2.25. The van der Waals surface area contributed by atoms with E-state index in [1.54, 1.807) is 0 Å². The lowest BCUT2D eigenvalue weighted by Crippen LogP contribution is -2.32. The fraction of sp³-hybridized carbons (Fsp3) is 0.875. The topological polar surface area (TPSA) is 83.9 Å². The Hall–Kier alpha value is -1.03. The van der Waals surface area contributed by atoms with Gasteiger partial charge in [-0.3, -0.25) is 4.18 Å². The second-order valence-corrected chi connectivity index (χ2v) is 5.38. The quantitative estimate of drug-likeness (QED) is 0.614. The maximum absolute atomic E-state index is 12.1. The van der Waals surface area contributed by atoms with Gasteiger partial charge in [-0.15, -0.1) is 0 Å². The molecule has 6 nitrogen and oxygen atoms in total. The van der Waals surface area contributed by atoms with E-state index in [9.17, 15) is 26.4 Å². The molecule has 1 aliphatic rings. The van der Waals surface area contributed by atoms with Gasteiger partial charge >= 0.3 is 21.7 Å². The van der Waals surface area contributed by atoms with Crippen molar-refractivity contribution in [2.24, 2.45) is 0 Å². The summed E-state index contributed by atoms with van der Waals surface area (Å²) in [5.74, 6) is 0. The Labute approximate surface area is 101 Å². The molecule has 0 aliphatic carbocycles. The van der Waals surface area contributed by atoms with Gasteiger partial charge in [-0.05, 0) is 19.3 Å². The number of nitrogens with zero attached hydrogens (tertiary/aromatic N) is 1. The molecule has 1 atom stereocenters. The molecule has 0 aromatic carbocycles. The molecule has 0 spiro atoms. The first-order chi connectivity index (χ1) is 8.13. The standard InChI is InChI=1S/C8H12F3NO5S/c9-8(10,11)18(15,16)17-6-2-1-4-12(5-3-6)7(13)14/h6H,1-5H2,(H,13,14). The van der Waals surface area contributed by atoms with Crippen molar-refractivity contribution in [2.45, 2.75) is 30.9 Å².